The lowest BCUT2D eigenvalue weighted by molar-refractivity contribution is 0.101. The minimum absolute atomic E-state index is 0.00354. The topological polar surface area (TPSA) is 79.8 Å². The Bertz CT molecular complexity index is 929. The number of aromatic nitrogens is 3. The van der Waals surface area contributed by atoms with E-state index in [1.165, 1.54) is 6.92 Å². The van der Waals surface area contributed by atoms with Crippen molar-refractivity contribution in [2.45, 2.75) is 13.8 Å². The molecule has 0 saturated carbocycles. The number of hydrogen-bond donors (Lipinski definition) is 2. The fourth-order valence-electron chi connectivity index (χ4n) is 2.27. The van der Waals surface area contributed by atoms with Crippen LogP contribution in [0.4, 0.5) is 23.1 Å². The summed E-state index contributed by atoms with van der Waals surface area (Å²) in [7, 11) is 0. The zero-order valence-corrected chi connectivity index (χ0v) is 15.3. The molecule has 0 amide bonds. The van der Waals surface area contributed by atoms with E-state index in [0.717, 1.165) is 21.4 Å². The van der Waals surface area contributed by atoms with Gasteiger partial charge in [0.1, 0.15) is 0 Å². The quantitative estimate of drug-likeness (QED) is 0.610. The predicted molar refractivity (Wildman–Crippen MR) is 102 cm³/mol. The van der Waals surface area contributed by atoms with Gasteiger partial charge in [0, 0.05) is 21.4 Å². The van der Waals surface area contributed by atoms with E-state index >= 15 is 0 Å². The van der Waals surface area contributed by atoms with Crippen molar-refractivity contribution in [3.63, 3.8) is 0 Å². The highest BCUT2D eigenvalue weighted by molar-refractivity contribution is 9.10. The van der Waals surface area contributed by atoms with E-state index in [0.29, 0.717) is 17.3 Å². The maximum Gasteiger partial charge on any atom is 0.249 e. The summed E-state index contributed by atoms with van der Waals surface area (Å²) in [6, 6.07) is 13.1. The van der Waals surface area contributed by atoms with Crippen LogP contribution in [0.3, 0.4) is 0 Å². The monoisotopic (exact) mass is 397 g/mol. The van der Waals surface area contributed by atoms with E-state index in [-0.39, 0.29) is 5.78 Å². The molecule has 0 aliphatic carbocycles. The smallest absolute Gasteiger partial charge is 0.249 e. The molecule has 1 aromatic heterocycles. The van der Waals surface area contributed by atoms with Crippen LogP contribution in [0.5, 0.6) is 0 Å². The van der Waals surface area contributed by atoms with Gasteiger partial charge in [0.2, 0.25) is 5.95 Å². The summed E-state index contributed by atoms with van der Waals surface area (Å²) in [4.78, 5) is 15.9. The number of hydrogen-bond acceptors (Lipinski definition) is 6. The average Bonchev–Trinajstić information content (AvgIpc) is 2.58. The van der Waals surface area contributed by atoms with Crippen molar-refractivity contribution in [1.29, 1.82) is 0 Å². The van der Waals surface area contributed by atoms with Gasteiger partial charge in [-0.15, -0.1) is 5.10 Å². The Balaban J connectivity index is 1.79. The van der Waals surface area contributed by atoms with Crippen LogP contribution in [0, 0.1) is 6.92 Å². The van der Waals surface area contributed by atoms with Crippen LogP contribution >= 0.6 is 15.9 Å². The largest absolute Gasteiger partial charge is 0.339 e. The van der Waals surface area contributed by atoms with Crippen LogP contribution in [-0.4, -0.2) is 21.0 Å². The lowest BCUT2D eigenvalue weighted by Crippen LogP contribution is -2.03. The van der Waals surface area contributed by atoms with Crippen LogP contribution in [0.2, 0.25) is 0 Å². The number of carbonyl (C=O) groups is 1. The number of benzene rings is 2. The first kappa shape index (κ1) is 17.0. The van der Waals surface area contributed by atoms with E-state index in [9.17, 15) is 4.79 Å². The molecule has 0 fully saturated rings. The van der Waals surface area contributed by atoms with Crippen LogP contribution in [0.1, 0.15) is 22.8 Å². The lowest BCUT2D eigenvalue weighted by Gasteiger charge is -2.10. The molecule has 0 aliphatic heterocycles. The second kappa shape index (κ2) is 7.40. The number of halogens is 1. The molecule has 0 radical (unpaired) electrons. The number of nitrogens with zero attached hydrogens (tertiary/aromatic N) is 3. The third-order valence-corrected chi connectivity index (χ3v) is 4.03. The summed E-state index contributed by atoms with van der Waals surface area (Å²) in [5, 5.41) is 14.2. The first-order valence-electron chi connectivity index (χ1n) is 7.62. The van der Waals surface area contributed by atoms with Gasteiger partial charge in [0.15, 0.2) is 11.6 Å². The average molecular weight is 398 g/mol. The number of ketones is 1. The molecule has 0 bridgehead atoms. The molecule has 6 nitrogen and oxygen atoms in total. The van der Waals surface area contributed by atoms with Crippen LogP contribution in [0.15, 0.2) is 53.1 Å². The molecule has 1 heterocycles. The van der Waals surface area contributed by atoms with Crippen LogP contribution in [-0.2, 0) is 0 Å². The Morgan fingerprint density at radius 2 is 1.96 bits per heavy atom. The molecule has 0 unspecified atom stereocenters. The number of Topliss-reactive ketones (excluding diaryl/α,β-unsaturated/α-hetero) is 1. The molecule has 2 aromatic carbocycles. The molecule has 0 spiro atoms. The number of anilines is 4. The summed E-state index contributed by atoms with van der Waals surface area (Å²) in [5.74, 6) is 0.926. The van der Waals surface area contributed by atoms with Gasteiger partial charge >= 0.3 is 0 Å². The zero-order chi connectivity index (χ0) is 17.8. The van der Waals surface area contributed by atoms with E-state index in [2.05, 4.69) is 41.7 Å². The first-order valence-corrected chi connectivity index (χ1v) is 8.41. The summed E-state index contributed by atoms with van der Waals surface area (Å²) >= 11 is 3.45. The third-order valence-electron chi connectivity index (χ3n) is 3.54. The second-order valence-electron chi connectivity index (χ2n) is 5.51. The Kier molecular flexibility index (Phi) is 5.04. The van der Waals surface area contributed by atoms with Crippen molar-refractivity contribution in [3.8, 4) is 0 Å². The normalized spacial score (nSPS) is 10.4. The fraction of sp³-hybridized carbons (Fsp3) is 0.111. The minimum atomic E-state index is 0.00354. The Hall–Kier alpha value is -2.80. The van der Waals surface area contributed by atoms with Gasteiger partial charge in [-0.1, -0.05) is 28.1 Å². The SMILES string of the molecule is CC(=O)c1cccc(Nc2nncc(Nc3ccc(Br)cc3C)n2)c1. The van der Waals surface area contributed by atoms with Crippen molar-refractivity contribution in [3.05, 3.63) is 64.3 Å². The van der Waals surface area contributed by atoms with Gasteiger partial charge in [-0.3, -0.25) is 4.79 Å². The maximum absolute atomic E-state index is 11.5. The lowest BCUT2D eigenvalue weighted by atomic mass is 10.1. The summed E-state index contributed by atoms with van der Waals surface area (Å²) < 4.78 is 1.02. The highest BCUT2D eigenvalue weighted by Crippen LogP contribution is 2.23. The number of nitrogens with one attached hydrogen (secondary N) is 2. The molecular formula is C18H16BrN5O. The second-order valence-corrected chi connectivity index (χ2v) is 6.43. The van der Waals surface area contributed by atoms with Crippen molar-refractivity contribution in [1.82, 2.24) is 15.2 Å². The van der Waals surface area contributed by atoms with Gasteiger partial charge in [0.05, 0.1) is 6.20 Å². The van der Waals surface area contributed by atoms with E-state index in [4.69, 9.17) is 0 Å². The molecule has 126 valence electrons. The molecular weight excluding hydrogens is 382 g/mol. The molecule has 7 heteroatoms. The van der Waals surface area contributed by atoms with Gasteiger partial charge in [-0.05, 0) is 49.7 Å². The summed E-state index contributed by atoms with van der Waals surface area (Å²) in [6.07, 6.45) is 1.55. The fourth-order valence-corrected chi connectivity index (χ4v) is 2.74. The van der Waals surface area contributed by atoms with Crippen molar-refractivity contribution >= 4 is 44.9 Å². The van der Waals surface area contributed by atoms with E-state index in [1.807, 2.05) is 31.2 Å². The number of carbonyl (C=O) groups excluding carboxylic acids is 1. The van der Waals surface area contributed by atoms with Crippen molar-refractivity contribution in [2.24, 2.45) is 0 Å². The Labute approximate surface area is 153 Å². The van der Waals surface area contributed by atoms with Crippen molar-refractivity contribution < 1.29 is 4.79 Å². The predicted octanol–water partition coefficient (Wildman–Crippen LogP) is 4.63. The van der Waals surface area contributed by atoms with Gasteiger partial charge < -0.3 is 10.6 Å². The minimum Gasteiger partial charge on any atom is -0.339 e. The third kappa shape index (κ3) is 4.39. The van der Waals surface area contributed by atoms with Crippen LogP contribution in [0.25, 0.3) is 0 Å². The van der Waals surface area contributed by atoms with E-state index in [1.54, 1.807) is 24.4 Å². The summed E-state index contributed by atoms with van der Waals surface area (Å²) in [6.45, 7) is 3.54. The van der Waals surface area contributed by atoms with Crippen molar-refractivity contribution in [2.75, 3.05) is 10.6 Å². The van der Waals surface area contributed by atoms with E-state index < -0.39 is 0 Å². The summed E-state index contributed by atoms with van der Waals surface area (Å²) in [5.41, 5.74) is 3.37. The Morgan fingerprint density at radius 3 is 2.72 bits per heavy atom. The molecule has 0 atom stereocenters. The zero-order valence-electron chi connectivity index (χ0n) is 13.7. The van der Waals surface area contributed by atoms with Gasteiger partial charge in [-0.25, -0.2) is 0 Å². The Morgan fingerprint density at radius 1 is 1.12 bits per heavy atom. The molecule has 2 N–H and O–H groups in total. The molecule has 0 saturated heterocycles. The number of rotatable bonds is 5. The molecule has 3 aromatic rings. The standard InChI is InChI=1S/C18H16BrN5O/c1-11-8-14(19)6-7-16(11)22-17-10-20-24-18(23-17)21-15-5-3-4-13(9-15)12(2)25/h3-10H,1-2H3,(H2,21,22,23,24). The van der Waals surface area contributed by atoms with Gasteiger partial charge in [-0.2, -0.15) is 10.1 Å². The highest BCUT2D eigenvalue weighted by Gasteiger charge is 2.06. The highest BCUT2D eigenvalue weighted by atomic mass is 79.9. The maximum atomic E-state index is 11.5. The molecule has 25 heavy (non-hydrogen) atoms. The van der Waals surface area contributed by atoms with Crippen LogP contribution < -0.4 is 10.6 Å². The first-order chi connectivity index (χ1) is 12.0. The van der Waals surface area contributed by atoms with Gasteiger partial charge in [0.25, 0.3) is 0 Å². The molecule has 3 rings (SSSR count). The molecule has 0 aliphatic rings. The number of aryl methyl sites for hydroxylation is 1.